The molecule has 1 rings (SSSR count). The summed E-state index contributed by atoms with van der Waals surface area (Å²) in [5.74, 6) is -0.104. The highest BCUT2D eigenvalue weighted by Crippen LogP contribution is 2.05. The maximum absolute atomic E-state index is 11.5. The molecule has 0 aliphatic carbocycles. The molecule has 5 heteroatoms. The van der Waals surface area contributed by atoms with Crippen LogP contribution in [0.3, 0.4) is 0 Å². The third-order valence-electron chi connectivity index (χ3n) is 2.09. The van der Waals surface area contributed by atoms with Gasteiger partial charge in [0.15, 0.2) is 0 Å². The average Bonchev–Trinajstić information content (AvgIpc) is 2.85. The van der Waals surface area contributed by atoms with Crippen molar-refractivity contribution in [3.8, 4) is 0 Å². The highest BCUT2D eigenvalue weighted by atomic mass is 32.1. The van der Waals surface area contributed by atoms with Crippen LogP contribution in [-0.2, 0) is 4.79 Å². The van der Waals surface area contributed by atoms with E-state index < -0.39 is 0 Å². The van der Waals surface area contributed by atoms with Crippen LogP contribution in [0.1, 0.15) is 23.2 Å². The summed E-state index contributed by atoms with van der Waals surface area (Å²) in [6.45, 7) is 4.51. The highest BCUT2D eigenvalue weighted by molar-refractivity contribution is 7.08. The van der Waals surface area contributed by atoms with Gasteiger partial charge in [-0.25, -0.2) is 0 Å². The molecule has 2 amide bonds. The first-order chi connectivity index (χ1) is 8.24. The normalized spacial score (nSPS) is 9.65. The lowest BCUT2D eigenvalue weighted by molar-refractivity contribution is -0.120. The van der Waals surface area contributed by atoms with Gasteiger partial charge < -0.3 is 10.6 Å². The summed E-state index contributed by atoms with van der Waals surface area (Å²) < 4.78 is 0. The zero-order valence-electron chi connectivity index (χ0n) is 9.57. The van der Waals surface area contributed by atoms with Gasteiger partial charge in [-0.2, -0.15) is 11.3 Å². The van der Waals surface area contributed by atoms with Crippen molar-refractivity contribution in [1.29, 1.82) is 0 Å². The fourth-order valence-corrected chi connectivity index (χ4v) is 1.86. The molecule has 0 radical (unpaired) electrons. The van der Waals surface area contributed by atoms with Crippen LogP contribution in [0.15, 0.2) is 29.5 Å². The minimum Gasteiger partial charge on any atom is -0.353 e. The molecule has 0 saturated heterocycles. The third kappa shape index (κ3) is 5.31. The lowest BCUT2D eigenvalue weighted by atomic mass is 10.2. The Morgan fingerprint density at radius 2 is 2.24 bits per heavy atom. The molecule has 4 nitrogen and oxygen atoms in total. The second kappa shape index (κ2) is 7.62. The summed E-state index contributed by atoms with van der Waals surface area (Å²) >= 11 is 1.49. The molecule has 1 aromatic rings. The van der Waals surface area contributed by atoms with Crippen molar-refractivity contribution in [2.45, 2.75) is 12.8 Å². The van der Waals surface area contributed by atoms with Gasteiger partial charge in [0.05, 0.1) is 0 Å². The molecule has 1 aromatic heterocycles. The molecule has 92 valence electrons. The molecule has 0 unspecified atom stereocenters. The molecule has 2 N–H and O–H groups in total. The van der Waals surface area contributed by atoms with E-state index in [4.69, 9.17) is 0 Å². The molecule has 1 heterocycles. The lowest BCUT2D eigenvalue weighted by Crippen LogP contribution is -2.27. The van der Waals surface area contributed by atoms with Crippen LogP contribution in [0.4, 0.5) is 0 Å². The van der Waals surface area contributed by atoms with Gasteiger partial charge in [-0.05, 0) is 17.9 Å². The van der Waals surface area contributed by atoms with Crippen LogP contribution in [0.25, 0.3) is 0 Å². The number of hydrogen-bond acceptors (Lipinski definition) is 3. The quantitative estimate of drug-likeness (QED) is 0.571. The van der Waals surface area contributed by atoms with Gasteiger partial charge in [0, 0.05) is 30.5 Å². The number of rotatable bonds is 7. The Hall–Kier alpha value is -1.62. The Labute approximate surface area is 105 Å². The number of nitrogens with one attached hydrogen (secondary N) is 2. The molecule has 17 heavy (non-hydrogen) atoms. The van der Waals surface area contributed by atoms with E-state index in [0.29, 0.717) is 31.5 Å². The second-order valence-corrected chi connectivity index (χ2v) is 4.24. The van der Waals surface area contributed by atoms with Crippen molar-refractivity contribution in [3.05, 3.63) is 35.0 Å². The van der Waals surface area contributed by atoms with E-state index in [9.17, 15) is 9.59 Å². The van der Waals surface area contributed by atoms with Gasteiger partial charge in [0.2, 0.25) is 5.91 Å². The smallest absolute Gasteiger partial charge is 0.252 e. The Morgan fingerprint density at radius 3 is 2.88 bits per heavy atom. The standard InChI is InChI=1S/C12H16N2O2S/c1-2-6-13-11(15)4-3-7-14-12(16)10-5-8-17-9-10/h2,5,8-9H,1,3-4,6-7H2,(H,13,15)(H,14,16). The van der Waals surface area contributed by atoms with E-state index in [2.05, 4.69) is 17.2 Å². The van der Waals surface area contributed by atoms with E-state index in [1.807, 2.05) is 5.38 Å². The van der Waals surface area contributed by atoms with Crippen molar-refractivity contribution in [1.82, 2.24) is 10.6 Å². The molecular formula is C12H16N2O2S. The summed E-state index contributed by atoms with van der Waals surface area (Å²) in [6, 6.07) is 1.77. The van der Waals surface area contributed by atoms with Gasteiger partial charge >= 0.3 is 0 Å². The van der Waals surface area contributed by atoms with Crippen LogP contribution in [0, 0.1) is 0 Å². The van der Waals surface area contributed by atoms with E-state index >= 15 is 0 Å². The average molecular weight is 252 g/mol. The summed E-state index contributed by atoms with van der Waals surface area (Å²) in [5.41, 5.74) is 0.672. The Kier molecular flexibility index (Phi) is 6.03. The molecular weight excluding hydrogens is 236 g/mol. The molecule has 0 fully saturated rings. The van der Waals surface area contributed by atoms with Crippen LogP contribution in [-0.4, -0.2) is 24.9 Å². The van der Waals surface area contributed by atoms with Crippen molar-refractivity contribution in [2.75, 3.05) is 13.1 Å². The molecule has 0 aliphatic rings. The topological polar surface area (TPSA) is 58.2 Å². The van der Waals surface area contributed by atoms with E-state index in [0.717, 1.165) is 0 Å². The van der Waals surface area contributed by atoms with Crippen LogP contribution in [0.2, 0.25) is 0 Å². The number of thiophene rings is 1. The molecule has 0 saturated carbocycles. The molecule has 0 spiro atoms. The predicted octanol–water partition coefficient (Wildman–Crippen LogP) is 1.56. The minimum atomic E-state index is -0.0854. The zero-order valence-corrected chi connectivity index (χ0v) is 10.4. The van der Waals surface area contributed by atoms with Gasteiger partial charge in [-0.15, -0.1) is 6.58 Å². The predicted molar refractivity (Wildman–Crippen MR) is 69.1 cm³/mol. The third-order valence-corrected chi connectivity index (χ3v) is 2.78. The fourth-order valence-electron chi connectivity index (χ4n) is 1.22. The summed E-state index contributed by atoms with van der Waals surface area (Å²) in [5, 5.41) is 9.10. The zero-order chi connectivity index (χ0) is 12.5. The largest absolute Gasteiger partial charge is 0.353 e. The SMILES string of the molecule is C=CCNC(=O)CCCNC(=O)c1ccsc1. The maximum atomic E-state index is 11.5. The van der Waals surface area contributed by atoms with Gasteiger partial charge in [0.25, 0.3) is 5.91 Å². The molecule has 0 aliphatic heterocycles. The van der Waals surface area contributed by atoms with Crippen molar-refractivity contribution >= 4 is 23.2 Å². The van der Waals surface area contributed by atoms with E-state index in [1.54, 1.807) is 17.5 Å². The van der Waals surface area contributed by atoms with E-state index in [1.165, 1.54) is 11.3 Å². The molecule has 0 aromatic carbocycles. The molecule has 0 bridgehead atoms. The van der Waals surface area contributed by atoms with Gasteiger partial charge in [0.1, 0.15) is 0 Å². The van der Waals surface area contributed by atoms with Crippen molar-refractivity contribution in [2.24, 2.45) is 0 Å². The first kappa shape index (κ1) is 13.4. The van der Waals surface area contributed by atoms with Crippen LogP contribution in [0.5, 0.6) is 0 Å². The number of hydrogen-bond donors (Lipinski definition) is 2. The summed E-state index contributed by atoms with van der Waals surface area (Å²) in [4.78, 5) is 22.7. The van der Waals surface area contributed by atoms with Gasteiger partial charge in [-0.3, -0.25) is 9.59 Å². The van der Waals surface area contributed by atoms with Crippen molar-refractivity contribution in [3.63, 3.8) is 0 Å². The monoisotopic (exact) mass is 252 g/mol. The Bertz CT molecular complexity index is 374. The van der Waals surface area contributed by atoms with E-state index in [-0.39, 0.29) is 11.8 Å². The second-order valence-electron chi connectivity index (χ2n) is 3.46. The minimum absolute atomic E-state index is 0.0188. The highest BCUT2D eigenvalue weighted by Gasteiger charge is 2.05. The van der Waals surface area contributed by atoms with Gasteiger partial charge in [-0.1, -0.05) is 6.08 Å². The first-order valence-electron chi connectivity index (χ1n) is 5.42. The number of carbonyl (C=O) groups excluding carboxylic acids is 2. The lowest BCUT2D eigenvalue weighted by Gasteiger charge is -2.04. The maximum Gasteiger partial charge on any atom is 0.252 e. The summed E-state index contributed by atoms with van der Waals surface area (Å²) in [6.07, 6.45) is 2.69. The van der Waals surface area contributed by atoms with Crippen LogP contribution >= 0.6 is 11.3 Å². The summed E-state index contributed by atoms with van der Waals surface area (Å²) in [7, 11) is 0. The first-order valence-corrected chi connectivity index (χ1v) is 6.36. The Morgan fingerprint density at radius 1 is 1.41 bits per heavy atom. The number of carbonyl (C=O) groups is 2. The fraction of sp³-hybridized carbons (Fsp3) is 0.333. The van der Waals surface area contributed by atoms with Crippen molar-refractivity contribution < 1.29 is 9.59 Å². The Balaban J connectivity index is 2.10. The number of amides is 2. The molecule has 0 atom stereocenters. The van der Waals surface area contributed by atoms with Crippen LogP contribution < -0.4 is 10.6 Å².